The van der Waals surface area contributed by atoms with Crippen LogP contribution in [0.25, 0.3) is 44.3 Å². The number of benzene rings is 2. The first-order valence-corrected chi connectivity index (χ1v) is 21.6. The van der Waals surface area contributed by atoms with Crippen molar-refractivity contribution in [3.05, 3.63) is 107 Å². The molecule has 0 aliphatic carbocycles. The number of nitrogens with zero attached hydrogens (tertiary/aromatic N) is 5. The fraction of sp³-hybridized carbons (Fsp3) is 0.243. The molecule has 15 nitrogen and oxygen atoms in total. The van der Waals surface area contributed by atoms with Crippen molar-refractivity contribution in [3.8, 4) is 28.4 Å². The summed E-state index contributed by atoms with van der Waals surface area (Å²) in [6, 6.07) is 21.4. The second-order valence-corrected chi connectivity index (χ2v) is 18.3. The first-order valence-electron chi connectivity index (χ1n) is 17.4. The van der Waals surface area contributed by atoms with Gasteiger partial charge in [0.05, 0.1) is 33.2 Å². The molecule has 6 rings (SSSR count). The molecule has 0 radical (unpaired) electrons. The Balaban J connectivity index is 0.000000222. The number of aromatic nitrogens is 4. The highest BCUT2D eigenvalue weighted by atomic mass is 32.3. The van der Waals surface area contributed by atoms with E-state index in [0.29, 0.717) is 16.5 Å². The Morgan fingerprint density at radius 1 is 0.578 bits per heavy atom. The lowest BCUT2D eigenvalue weighted by Gasteiger charge is -2.17. The Morgan fingerprint density at radius 2 is 1.02 bits per heavy atom. The van der Waals surface area contributed by atoms with E-state index in [0.717, 1.165) is 22.5 Å². The third-order valence-electron chi connectivity index (χ3n) is 8.36. The third kappa shape index (κ3) is 11.7. The predicted molar refractivity (Wildman–Crippen MR) is 218 cm³/mol. The van der Waals surface area contributed by atoms with E-state index in [4.69, 9.17) is 0 Å². The zero-order chi connectivity index (χ0) is 48.4. The van der Waals surface area contributed by atoms with Gasteiger partial charge in [-0.2, -0.15) is 64.8 Å². The summed E-state index contributed by atoms with van der Waals surface area (Å²) in [7, 11) is -11.8. The zero-order valence-corrected chi connectivity index (χ0v) is 36.1. The molecule has 0 saturated heterocycles. The van der Waals surface area contributed by atoms with Crippen LogP contribution in [-0.4, -0.2) is 89.9 Å². The Morgan fingerprint density at radius 3 is 1.47 bits per heavy atom. The van der Waals surface area contributed by atoms with Crippen LogP contribution in [0.15, 0.2) is 90.0 Å². The van der Waals surface area contributed by atoms with E-state index in [9.17, 15) is 69.6 Å². The first-order chi connectivity index (χ1) is 29.3. The smallest absolute Gasteiger partial charge is 0.377 e. The Hall–Kier alpha value is -6.06. The van der Waals surface area contributed by atoms with Crippen LogP contribution in [0.4, 0.5) is 50.9 Å². The third-order valence-corrected chi connectivity index (χ3v) is 11.9. The average molecular weight is 973 g/mol. The van der Waals surface area contributed by atoms with Crippen molar-refractivity contribution in [2.45, 2.75) is 30.4 Å². The molecular weight excluding hydrogens is 940 g/mol. The molecule has 346 valence electrons. The lowest BCUT2D eigenvalue weighted by atomic mass is 10.1. The molecule has 0 aliphatic heterocycles. The van der Waals surface area contributed by atoms with Gasteiger partial charge < -0.3 is 19.0 Å². The van der Waals surface area contributed by atoms with E-state index in [2.05, 4.69) is 48.1 Å². The number of fused-ring (bicyclic) bond motifs is 2. The van der Waals surface area contributed by atoms with Gasteiger partial charge in [0, 0.05) is 57.5 Å². The Labute approximate surface area is 358 Å². The lowest BCUT2D eigenvalue weighted by Crippen LogP contribution is -2.34. The maximum absolute atomic E-state index is 12.8. The number of rotatable bonds is 8. The molecular formula is C37H33F9N6O9S3. The number of halogens is 9. The van der Waals surface area contributed by atoms with Gasteiger partial charge in [0.1, 0.15) is 0 Å². The molecule has 0 spiro atoms. The number of pyridine rings is 4. The van der Waals surface area contributed by atoms with Gasteiger partial charge >= 0.3 is 46.9 Å². The van der Waals surface area contributed by atoms with Gasteiger partial charge in [-0.15, -0.1) is 3.63 Å². The highest BCUT2D eigenvalue weighted by Gasteiger charge is 2.57. The molecule has 1 N–H and O–H groups in total. The molecule has 27 heteroatoms. The summed E-state index contributed by atoms with van der Waals surface area (Å²) in [6.07, 6.45) is 3.14. The zero-order valence-electron chi connectivity index (χ0n) is 33.6. The first kappa shape index (κ1) is 50.6. The quantitative estimate of drug-likeness (QED) is 0.0890. The van der Waals surface area contributed by atoms with Crippen LogP contribution in [0.5, 0.6) is 5.88 Å². The minimum absolute atomic E-state index is 0.0562. The fourth-order valence-electron chi connectivity index (χ4n) is 5.49. The van der Waals surface area contributed by atoms with Crippen molar-refractivity contribution < 1.29 is 72.6 Å². The summed E-state index contributed by atoms with van der Waals surface area (Å²) < 4.78 is 176. The highest BCUT2D eigenvalue weighted by Crippen LogP contribution is 2.35. The van der Waals surface area contributed by atoms with E-state index >= 15 is 0 Å². The molecule has 0 saturated carbocycles. The second kappa shape index (κ2) is 18.6. The van der Waals surface area contributed by atoms with Crippen molar-refractivity contribution in [1.82, 2.24) is 19.9 Å². The number of hydrogen-bond donors (Lipinski definition) is 1. The van der Waals surface area contributed by atoms with E-state index in [1.807, 2.05) is 61.8 Å². The second-order valence-electron chi connectivity index (χ2n) is 13.5. The summed E-state index contributed by atoms with van der Waals surface area (Å²) in [5.74, 6) is -0.674. The lowest BCUT2D eigenvalue weighted by molar-refractivity contribution is -0.0586. The van der Waals surface area contributed by atoms with Crippen LogP contribution in [0.2, 0.25) is 0 Å². The highest BCUT2D eigenvalue weighted by molar-refractivity contribution is 8.00. The summed E-state index contributed by atoms with van der Waals surface area (Å²) >= 11 is 0. The normalized spacial score (nSPS) is 12.5. The van der Waals surface area contributed by atoms with Crippen molar-refractivity contribution in [2.24, 2.45) is 0 Å². The van der Waals surface area contributed by atoms with Crippen molar-refractivity contribution in [2.75, 3.05) is 38.0 Å². The average Bonchev–Trinajstić information content (AvgIpc) is 3.16. The minimum atomic E-state index is -6.85. The topological polar surface area (TPSA) is 199 Å². The number of H-pyrrole nitrogens is 1. The predicted octanol–water partition coefficient (Wildman–Crippen LogP) is 7.57. The van der Waals surface area contributed by atoms with Crippen LogP contribution in [0.1, 0.15) is 11.1 Å². The number of hydrogen-bond acceptors (Lipinski definition) is 14. The van der Waals surface area contributed by atoms with Gasteiger partial charge in [0.15, 0.2) is 0 Å². The number of aryl methyl sites for hydroxylation is 2. The number of nitrogens with one attached hydrogen (secondary N) is 1. The molecule has 4 aromatic heterocycles. The largest absolute Gasteiger partial charge is 0.534 e. The van der Waals surface area contributed by atoms with Crippen LogP contribution in [0, 0.1) is 13.8 Å². The summed E-state index contributed by atoms with van der Waals surface area (Å²) in [4.78, 5) is 31.4. The number of aromatic amines is 1. The summed E-state index contributed by atoms with van der Waals surface area (Å²) in [5, 5.41) is 0.670. The SMILES string of the molecule is Cc1cc(-c2cc3ncccc3c(=O)[nH]2)ccc1N(C)C.Cc1cc(-c2cc3ncccc3c(OS(=O)(=O)C(F)(F)F)n2)ccc1N(C)C.O=S(=O)(OS(=O)(=O)C(F)(F)F)C(F)(F)F. The monoisotopic (exact) mass is 972 g/mol. The van der Waals surface area contributed by atoms with Crippen molar-refractivity contribution in [3.63, 3.8) is 0 Å². The number of alkyl halides is 9. The van der Waals surface area contributed by atoms with Crippen molar-refractivity contribution in [1.29, 1.82) is 0 Å². The van der Waals surface area contributed by atoms with Gasteiger partial charge in [-0.05, 0) is 91.2 Å². The molecule has 6 aromatic rings. The van der Waals surface area contributed by atoms with Gasteiger partial charge in [0.25, 0.3) is 5.56 Å². The molecule has 4 heterocycles. The van der Waals surface area contributed by atoms with Gasteiger partial charge in [-0.25, -0.2) is 4.98 Å². The van der Waals surface area contributed by atoms with Gasteiger partial charge in [0.2, 0.25) is 5.88 Å². The Kier molecular flexibility index (Phi) is 14.7. The van der Waals surface area contributed by atoms with Crippen LogP contribution >= 0.6 is 0 Å². The molecule has 0 amide bonds. The maximum Gasteiger partial charge on any atom is 0.534 e. The van der Waals surface area contributed by atoms with E-state index in [1.54, 1.807) is 36.5 Å². The summed E-state index contributed by atoms with van der Waals surface area (Å²) in [5.41, 5.74) is -10.4. The molecule has 2 aromatic carbocycles. The van der Waals surface area contributed by atoms with E-state index in [-0.39, 0.29) is 22.2 Å². The van der Waals surface area contributed by atoms with E-state index in [1.165, 1.54) is 29.6 Å². The van der Waals surface area contributed by atoms with Crippen LogP contribution < -0.4 is 19.5 Å². The molecule has 0 aliphatic rings. The number of anilines is 2. The minimum Gasteiger partial charge on any atom is -0.377 e. The van der Waals surface area contributed by atoms with Gasteiger partial charge in [-0.1, -0.05) is 12.1 Å². The van der Waals surface area contributed by atoms with Crippen LogP contribution in [-0.2, 0) is 34.0 Å². The molecule has 0 unspecified atom stereocenters. The maximum atomic E-state index is 12.8. The van der Waals surface area contributed by atoms with Crippen molar-refractivity contribution >= 4 is 63.5 Å². The van der Waals surface area contributed by atoms with E-state index < -0.39 is 52.8 Å². The molecule has 0 bridgehead atoms. The molecule has 64 heavy (non-hydrogen) atoms. The molecule has 0 fully saturated rings. The van der Waals surface area contributed by atoms with Crippen LogP contribution in [0.3, 0.4) is 0 Å². The Bertz CT molecular complexity index is 3050. The molecule has 0 atom stereocenters. The summed E-state index contributed by atoms with van der Waals surface area (Å²) in [6.45, 7) is 3.94. The van der Waals surface area contributed by atoms with Gasteiger partial charge in [-0.3, -0.25) is 14.8 Å². The standard InChI is InChI=1S/C18H16F3N3O3S.C17H17N3O.C2F6O5S2/c1-11-9-12(6-7-16(11)24(2)3)14-10-15-13(5-4-8-22-15)17(23-14)27-28(25,26)18(19,20)21;1-11-9-12(6-7-16(11)20(2)3)14-10-15-13(17(21)19-14)5-4-8-18-15;3-1(4,5)14(9,10)13-15(11,12)2(6,7)8/h4-10H,1-3H3;4-10H,1-3H3,(H,19,21);. The fourth-order valence-corrected chi connectivity index (χ4v) is 7.48.